The number of anilines is 1. The van der Waals surface area contributed by atoms with Gasteiger partial charge in [-0.3, -0.25) is 19.7 Å². The van der Waals surface area contributed by atoms with Crippen molar-refractivity contribution in [1.82, 2.24) is 5.32 Å². The van der Waals surface area contributed by atoms with Gasteiger partial charge in [0.1, 0.15) is 0 Å². The number of nitrogens with one attached hydrogen (secondary N) is 2. The fourth-order valence-electron chi connectivity index (χ4n) is 2.02. The van der Waals surface area contributed by atoms with Gasteiger partial charge in [-0.25, -0.2) is 0 Å². The Morgan fingerprint density at radius 3 is 2.79 bits per heavy atom. The molecule has 6 nitrogen and oxygen atoms in total. The Bertz CT molecular complexity index is 528. The summed E-state index contributed by atoms with van der Waals surface area (Å²) in [6, 6.07) is 6.84. The van der Waals surface area contributed by atoms with Gasteiger partial charge in [0.2, 0.25) is 11.8 Å². The number of para-hydroxylation sites is 1. The van der Waals surface area contributed by atoms with Crippen LogP contribution in [0.25, 0.3) is 0 Å². The number of benzene rings is 1. The number of carbonyl (C=O) groups excluding carboxylic acids is 3. The maximum atomic E-state index is 11.6. The van der Waals surface area contributed by atoms with Crippen molar-refractivity contribution in [2.75, 3.05) is 11.9 Å². The summed E-state index contributed by atoms with van der Waals surface area (Å²) in [6.07, 6.45) is 0.853. The Morgan fingerprint density at radius 1 is 1.37 bits per heavy atom. The molecule has 1 saturated heterocycles. The number of hydrogen-bond donors (Lipinski definition) is 3. The summed E-state index contributed by atoms with van der Waals surface area (Å²) < 4.78 is 0. The molecule has 0 saturated carbocycles. The number of imide groups is 1. The first kappa shape index (κ1) is 13.1. The number of nitrogens with two attached hydrogens (primary N) is 1. The minimum Gasteiger partial charge on any atom is -0.384 e. The lowest BCUT2D eigenvalue weighted by Crippen LogP contribution is -2.43. The molecule has 0 spiro atoms. The van der Waals surface area contributed by atoms with E-state index in [1.165, 1.54) is 0 Å². The molecule has 2 rings (SSSR count). The van der Waals surface area contributed by atoms with Crippen molar-refractivity contribution in [2.24, 2.45) is 11.7 Å². The van der Waals surface area contributed by atoms with Crippen LogP contribution in [0.1, 0.15) is 23.2 Å². The van der Waals surface area contributed by atoms with E-state index in [1.807, 2.05) is 0 Å². The zero-order valence-electron chi connectivity index (χ0n) is 10.3. The predicted octanol–water partition coefficient (Wildman–Crippen LogP) is 0.250. The van der Waals surface area contributed by atoms with Gasteiger partial charge < -0.3 is 11.1 Å². The number of primary amides is 1. The maximum absolute atomic E-state index is 11.6. The highest BCUT2D eigenvalue weighted by atomic mass is 16.2. The topological polar surface area (TPSA) is 101 Å². The van der Waals surface area contributed by atoms with E-state index in [2.05, 4.69) is 10.6 Å². The molecule has 100 valence electrons. The van der Waals surface area contributed by atoms with Crippen molar-refractivity contribution >= 4 is 23.4 Å². The zero-order valence-corrected chi connectivity index (χ0v) is 10.3. The van der Waals surface area contributed by atoms with Crippen molar-refractivity contribution in [2.45, 2.75) is 12.8 Å². The van der Waals surface area contributed by atoms with Gasteiger partial charge in [0.15, 0.2) is 0 Å². The van der Waals surface area contributed by atoms with Crippen LogP contribution in [0.15, 0.2) is 24.3 Å². The van der Waals surface area contributed by atoms with E-state index in [-0.39, 0.29) is 17.7 Å². The molecule has 1 aromatic carbocycles. The summed E-state index contributed by atoms with van der Waals surface area (Å²) in [5.74, 6) is -1.32. The van der Waals surface area contributed by atoms with Gasteiger partial charge in [-0.2, -0.15) is 0 Å². The average molecular weight is 261 g/mol. The van der Waals surface area contributed by atoms with Crippen LogP contribution in [0, 0.1) is 5.92 Å². The van der Waals surface area contributed by atoms with Gasteiger partial charge in [0.05, 0.1) is 11.5 Å². The molecule has 1 unspecified atom stereocenters. The molecule has 1 atom stereocenters. The molecule has 19 heavy (non-hydrogen) atoms. The Balaban J connectivity index is 2.01. The second-order valence-electron chi connectivity index (χ2n) is 4.44. The van der Waals surface area contributed by atoms with E-state index < -0.39 is 5.91 Å². The van der Waals surface area contributed by atoms with Gasteiger partial charge in [0, 0.05) is 18.7 Å². The molecule has 1 heterocycles. The van der Waals surface area contributed by atoms with Crippen LogP contribution in [0.4, 0.5) is 5.69 Å². The van der Waals surface area contributed by atoms with Crippen LogP contribution in [0.2, 0.25) is 0 Å². The lowest BCUT2D eigenvalue weighted by Gasteiger charge is -2.21. The standard InChI is InChI=1S/C13H15N3O3/c14-12(18)9-3-1-2-4-10(9)15-7-8-5-6-11(17)16-13(8)19/h1-4,8,15H,5-7H2,(H2,14,18)(H,16,17,19). The summed E-state index contributed by atoms with van der Waals surface area (Å²) in [7, 11) is 0. The third kappa shape index (κ3) is 3.09. The SMILES string of the molecule is NC(=O)c1ccccc1NCC1CCC(=O)NC1=O. The normalized spacial score (nSPS) is 18.8. The van der Waals surface area contributed by atoms with Gasteiger partial charge in [-0.1, -0.05) is 12.1 Å². The first-order valence-electron chi connectivity index (χ1n) is 6.04. The smallest absolute Gasteiger partial charge is 0.250 e. The number of hydrogen-bond acceptors (Lipinski definition) is 4. The van der Waals surface area contributed by atoms with Gasteiger partial charge in [-0.15, -0.1) is 0 Å². The molecule has 1 aromatic rings. The monoisotopic (exact) mass is 261 g/mol. The van der Waals surface area contributed by atoms with E-state index in [0.717, 1.165) is 0 Å². The highest BCUT2D eigenvalue weighted by Crippen LogP contribution is 2.17. The van der Waals surface area contributed by atoms with Crippen molar-refractivity contribution in [3.05, 3.63) is 29.8 Å². The summed E-state index contributed by atoms with van der Waals surface area (Å²) in [5, 5.41) is 5.33. The van der Waals surface area contributed by atoms with Gasteiger partial charge >= 0.3 is 0 Å². The third-order valence-electron chi connectivity index (χ3n) is 3.08. The summed E-state index contributed by atoms with van der Waals surface area (Å²) in [4.78, 5) is 33.8. The van der Waals surface area contributed by atoms with E-state index in [9.17, 15) is 14.4 Å². The Morgan fingerprint density at radius 2 is 2.11 bits per heavy atom. The van der Waals surface area contributed by atoms with Crippen LogP contribution < -0.4 is 16.4 Å². The fraction of sp³-hybridized carbons (Fsp3) is 0.308. The minimum atomic E-state index is -0.522. The van der Waals surface area contributed by atoms with Crippen LogP contribution >= 0.6 is 0 Å². The van der Waals surface area contributed by atoms with E-state index in [0.29, 0.717) is 30.6 Å². The molecule has 1 aliphatic rings. The van der Waals surface area contributed by atoms with Crippen LogP contribution in [0.3, 0.4) is 0 Å². The quantitative estimate of drug-likeness (QED) is 0.676. The Hall–Kier alpha value is -2.37. The molecule has 4 N–H and O–H groups in total. The molecular formula is C13H15N3O3. The number of rotatable bonds is 4. The molecule has 1 aliphatic heterocycles. The molecule has 6 heteroatoms. The molecule has 0 aliphatic carbocycles. The molecular weight excluding hydrogens is 246 g/mol. The number of amides is 3. The van der Waals surface area contributed by atoms with Crippen molar-refractivity contribution in [1.29, 1.82) is 0 Å². The van der Waals surface area contributed by atoms with E-state index in [4.69, 9.17) is 5.73 Å². The number of carbonyl (C=O) groups is 3. The first-order valence-corrected chi connectivity index (χ1v) is 6.04. The molecule has 3 amide bonds. The van der Waals surface area contributed by atoms with Crippen LogP contribution in [-0.4, -0.2) is 24.3 Å². The lowest BCUT2D eigenvalue weighted by atomic mass is 9.98. The highest BCUT2D eigenvalue weighted by molar-refractivity contribution is 6.00. The highest BCUT2D eigenvalue weighted by Gasteiger charge is 2.26. The summed E-state index contributed by atoms with van der Waals surface area (Å²) >= 11 is 0. The van der Waals surface area contributed by atoms with Gasteiger partial charge in [-0.05, 0) is 18.6 Å². The van der Waals surface area contributed by atoms with Gasteiger partial charge in [0.25, 0.3) is 5.91 Å². The average Bonchev–Trinajstić information content (AvgIpc) is 2.38. The summed E-state index contributed by atoms with van der Waals surface area (Å²) in [6.45, 7) is 0.364. The summed E-state index contributed by atoms with van der Waals surface area (Å²) in [5.41, 5.74) is 6.25. The third-order valence-corrected chi connectivity index (χ3v) is 3.08. The van der Waals surface area contributed by atoms with Crippen molar-refractivity contribution in [3.8, 4) is 0 Å². The molecule has 0 aromatic heterocycles. The van der Waals surface area contributed by atoms with E-state index in [1.54, 1.807) is 24.3 Å². The Labute approximate surface area is 110 Å². The first-order chi connectivity index (χ1) is 9.08. The largest absolute Gasteiger partial charge is 0.384 e. The van der Waals surface area contributed by atoms with Crippen LogP contribution in [0.5, 0.6) is 0 Å². The number of piperidine rings is 1. The van der Waals surface area contributed by atoms with Crippen molar-refractivity contribution in [3.63, 3.8) is 0 Å². The Kier molecular flexibility index (Phi) is 3.79. The molecule has 1 fully saturated rings. The molecule has 0 radical (unpaired) electrons. The molecule has 0 bridgehead atoms. The predicted molar refractivity (Wildman–Crippen MR) is 69.3 cm³/mol. The zero-order chi connectivity index (χ0) is 13.8. The van der Waals surface area contributed by atoms with E-state index >= 15 is 0 Å². The maximum Gasteiger partial charge on any atom is 0.250 e. The fourth-order valence-corrected chi connectivity index (χ4v) is 2.02. The van der Waals surface area contributed by atoms with Crippen molar-refractivity contribution < 1.29 is 14.4 Å². The lowest BCUT2D eigenvalue weighted by molar-refractivity contribution is -0.135. The second kappa shape index (κ2) is 5.51. The second-order valence-corrected chi connectivity index (χ2v) is 4.44. The minimum absolute atomic E-state index is 0.237. The van der Waals surface area contributed by atoms with Crippen LogP contribution in [-0.2, 0) is 9.59 Å².